The molecule has 0 radical (unpaired) electrons. The molecule has 0 fully saturated rings. The van der Waals surface area contributed by atoms with Crippen molar-refractivity contribution < 1.29 is 0 Å². The number of aryl methyl sites for hydroxylation is 5. The first-order valence-electron chi connectivity index (χ1n) is 7.86. The van der Waals surface area contributed by atoms with Gasteiger partial charge in [0.1, 0.15) is 0 Å². The van der Waals surface area contributed by atoms with E-state index in [1.165, 1.54) is 45.1 Å². The highest BCUT2D eigenvalue weighted by Gasteiger charge is 2.13. The lowest BCUT2D eigenvalue weighted by Gasteiger charge is -2.17. The quantitative estimate of drug-likeness (QED) is 0.497. The van der Waals surface area contributed by atoms with Crippen molar-refractivity contribution >= 4 is 24.6 Å². The molecule has 2 nitrogen and oxygen atoms in total. The summed E-state index contributed by atoms with van der Waals surface area (Å²) in [4.78, 5) is 0. The molecular formula is C20H28N2S2. The van der Waals surface area contributed by atoms with E-state index in [0.717, 1.165) is 0 Å². The smallest absolute Gasteiger partial charge is 0.0940 e. The average Bonchev–Trinajstić information content (AvgIpc) is 2.50. The molecule has 1 atom stereocenters. The Morgan fingerprint density at radius 3 is 1.92 bits per heavy atom. The van der Waals surface area contributed by atoms with Gasteiger partial charge in [-0.25, -0.2) is 4.72 Å². The van der Waals surface area contributed by atoms with E-state index >= 15 is 0 Å². The van der Waals surface area contributed by atoms with Crippen molar-refractivity contribution in [2.45, 2.75) is 40.0 Å². The molecule has 4 heteroatoms. The number of thioether (sulfide) groups is 1. The molecule has 0 aliphatic rings. The minimum absolute atomic E-state index is 0.0476. The van der Waals surface area contributed by atoms with Gasteiger partial charge in [-0.15, -0.1) is 0 Å². The Kier molecular flexibility index (Phi) is 8.46. The Labute approximate surface area is 156 Å². The first-order chi connectivity index (χ1) is 11.2. The molecule has 24 heavy (non-hydrogen) atoms. The number of hydrogen-bond acceptors (Lipinski definition) is 4. The summed E-state index contributed by atoms with van der Waals surface area (Å²) >= 11 is 5.58. The third-order valence-electron chi connectivity index (χ3n) is 3.76. The van der Waals surface area contributed by atoms with Crippen LogP contribution in [0.1, 0.15) is 38.8 Å². The normalized spacial score (nSPS) is 11.4. The predicted molar refractivity (Wildman–Crippen MR) is 112 cm³/mol. The highest BCUT2D eigenvalue weighted by molar-refractivity contribution is 8.03. The Hall–Kier alpha value is -1.36. The van der Waals surface area contributed by atoms with Crippen molar-refractivity contribution in [2.24, 2.45) is 5.73 Å². The fraction of sp³-hybridized carbons (Fsp3) is 0.300. The van der Waals surface area contributed by atoms with Crippen molar-refractivity contribution in [3.63, 3.8) is 0 Å². The molecule has 0 bridgehead atoms. The maximum absolute atomic E-state index is 5.58. The minimum Gasteiger partial charge on any atom is -0.394 e. The van der Waals surface area contributed by atoms with Crippen LogP contribution in [-0.4, -0.2) is 0 Å². The molecule has 0 saturated carbocycles. The molecule has 0 aliphatic carbocycles. The van der Waals surface area contributed by atoms with Crippen LogP contribution in [0.3, 0.4) is 0 Å². The van der Waals surface area contributed by atoms with Gasteiger partial charge in [0.05, 0.1) is 10.4 Å². The van der Waals surface area contributed by atoms with Gasteiger partial charge in [0, 0.05) is 0 Å². The van der Waals surface area contributed by atoms with E-state index in [4.69, 9.17) is 5.73 Å². The second-order valence-electron chi connectivity index (χ2n) is 6.04. The molecule has 3 N–H and O–H groups in total. The van der Waals surface area contributed by atoms with Gasteiger partial charge in [0.25, 0.3) is 0 Å². The molecule has 0 spiro atoms. The summed E-state index contributed by atoms with van der Waals surface area (Å²) in [5.74, 6) is 0. The van der Waals surface area contributed by atoms with Crippen LogP contribution in [0.25, 0.3) is 0 Å². The second-order valence-corrected chi connectivity index (χ2v) is 7.53. The average molecular weight is 361 g/mol. The maximum Gasteiger partial charge on any atom is 0.0940 e. The molecule has 2 aromatic carbocycles. The van der Waals surface area contributed by atoms with Gasteiger partial charge in [0.2, 0.25) is 0 Å². The fourth-order valence-corrected chi connectivity index (χ4v) is 3.37. The maximum atomic E-state index is 5.58. The van der Waals surface area contributed by atoms with Crippen LogP contribution >= 0.6 is 24.6 Å². The molecule has 0 aliphatic heterocycles. The molecule has 0 amide bonds. The first-order valence-corrected chi connectivity index (χ1v) is 9.19. The van der Waals surface area contributed by atoms with Crippen LogP contribution in [0, 0.1) is 34.6 Å². The van der Waals surface area contributed by atoms with E-state index in [9.17, 15) is 0 Å². The van der Waals surface area contributed by atoms with Gasteiger partial charge in [-0.1, -0.05) is 78.7 Å². The van der Waals surface area contributed by atoms with E-state index in [1.54, 1.807) is 0 Å². The zero-order chi connectivity index (χ0) is 18.3. The fourth-order valence-electron chi connectivity index (χ4n) is 2.32. The highest BCUT2D eigenvalue weighted by atomic mass is 32.2. The Morgan fingerprint density at radius 2 is 1.50 bits per heavy atom. The topological polar surface area (TPSA) is 38.0 Å². The lowest BCUT2D eigenvalue weighted by atomic mass is 10.1. The second kappa shape index (κ2) is 9.82. The Morgan fingerprint density at radius 1 is 0.958 bits per heavy atom. The summed E-state index contributed by atoms with van der Waals surface area (Å²) in [5.41, 5.74) is 13.4. The summed E-state index contributed by atoms with van der Waals surface area (Å²) in [7, 11) is 0. The van der Waals surface area contributed by atoms with Crippen molar-refractivity contribution in [1.29, 1.82) is 0 Å². The van der Waals surface area contributed by atoms with Crippen LogP contribution in [-0.2, 0) is 0 Å². The third kappa shape index (κ3) is 6.63. The number of benzene rings is 2. The van der Waals surface area contributed by atoms with Crippen molar-refractivity contribution in [3.8, 4) is 0 Å². The lowest BCUT2D eigenvalue weighted by Crippen LogP contribution is -2.11. The summed E-state index contributed by atoms with van der Waals surface area (Å²) in [6.45, 7) is 14.2. The molecular weight excluding hydrogens is 332 g/mol. The number of nitrogens with one attached hydrogen (secondary N) is 1. The number of nitrogens with two attached hydrogens (primary N) is 1. The van der Waals surface area contributed by atoms with Crippen molar-refractivity contribution in [2.75, 3.05) is 0 Å². The van der Waals surface area contributed by atoms with Gasteiger partial charge < -0.3 is 5.73 Å². The zero-order valence-electron chi connectivity index (χ0n) is 15.2. The van der Waals surface area contributed by atoms with Crippen LogP contribution < -0.4 is 10.5 Å². The Balaban J connectivity index is 0.000000272. The first kappa shape index (κ1) is 20.7. The van der Waals surface area contributed by atoms with Gasteiger partial charge >= 0.3 is 0 Å². The molecule has 2 aromatic rings. The van der Waals surface area contributed by atoms with Crippen LogP contribution in [0.2, 0.25) is 0 Å². The third-order valence-corrected chi connectivity index (χ3v) is 5.10. The van der Waals surface area contributed by atoms with E-state index in [-0.39, 0.29) is 5.37 Å². The van der Waals surface area contributed by atoms with E-state index < -0.39 is 0 Å². The molecule has 130 valence electrons. The Bertz CT molecular complexity index is 696. The number of rotatable bonds is 4. The van der Waals surface area contributed by atoms with Crippen LogP contribution in [0.15, 0.2) is 48.0 Å². The van der Waals surface area contributed by atoms with Crippen molar-refractivity contribution in [1.82, 2.24) is 4.72 Å². The largest absolute Gasteiger partial charge is 0.394 e. The summed E-state index contributed by atoms with van der Waals surface area (Å²) < 4.78 is 2.93. The number of thiol groups is 1. The molecule has 1 unspecified atom stereocenters. The summed E-state index contributed by atoms with van der Waals surface area (Å²) in [6, 6.07) is 12.8. The summed E-state index contributed by atoms with van der Waals surface area (Å²) in [5, 5.41) is 0.632. The highest BCUT2D eigenvalue weighted by Crippen LogP contribution is 2.31. The van der Waals surface area contributed by atoms with E-state index in [2.05, 4.69) is 95.1 Å². The van der Waals surface area contributed by atoms with Gasteiger partial charge in [0.15, 0.2) is 0 Å². The summed E-state index contributed by atoms with van der Waals surface area (Å²) in [6.07, 6.45) is 0. The van der Waals surface area contributed by atoms with Crippen LogP contribution in [0.4, 0.5) is 0 Å². The van der Waals surface area contributed by atoms with Crippen molar-refractivity contribution in [3.05, 3.63) is 81.4 Å². The molecule has 2 rings (SSSR count). The van der Waals surface area contributed by atoms with E-state index in [1.807, 2.05) is 0 Å². The zero-order valence-corrected chi connectivity index (χ0v) is 16.9. The molecule has 0 aromatic heterocycles. The minimum atomic E-state index is 0.0476. The SMILES string of the molecule is C=C(N)SC(NS)c1ccc(C)cc1C.Cc1ccc(C)c(C)c1. The molecule has 0 heterocycles. The van der Waals surface area contributed by atoms with Gasteiger partial charge in [-0.3, -0.25) is 0 Å². The lowest BCUT2D eigenvalue weighted by molar-refractivity contribution is 0.940. The predicted octanol–water partition coefficient (Wildman–Crippen LogP) is 5.51. The van der Waals surface area contributed by atoms with Crippen LogP contribution in [0.5, 0.6) is 0 Å². The standard InChI is InChI=1S/C11H16N2S2.C9H12/c1-7-4-5-10(8(2)6-7)11(13-14)15-9(3)12;1-7-4-5-8(2)9(3)6-7/h4-6,11,13-14H,3,12H2,1-2H3;4-6H,1-3H3. The monoisotopic (exact) mass is 360 g/mol. The van der Waals surface area contributed by atoms with E-state index in [0.29, 0.717) is 5.03 Å². The van der Waals surface area contributed by atoms with Gasteiger partial charge in [-0.05, 0) is 56.9 Å². The molecule has 0 saturated heterocycles. The number of hydrogen-bond donors (Lipinski definition) is 3. The van der Waals surface area contributed by atoms with Gasteiger partial charge in [-0.2, -0.15) is 0 Å².